The minimum atomic E-state index is -3.54. The zero-order valence-electron chi connectivity index (χ0n) is 16.5. The van der Waals surface area contributed by atoms with E-state index in [4.69, 9.17) is 11.6 Å². The van der Waals surface area contributed by atoms with Crippen molar-refractivity contribution in [2.75, 3.05) is 49.1 Å². The highest BCUT2D eigenvalue weighted by Gasteiger charge is 2.29. The van der Waals surface area contributed by atoms with Crippen LogP contribution >= 0.6 is 11.6 Å². The molecule has 9 heteroatoms. The number of halogens is 1. The molecule has 3 heterocycles. The zero-order chi connectivity index (χ0) is 20.4. The van der Waals surface area contributed by atoms with Gasteiger partial charge >= 0.3 is 0 Å². The summed E-state index contributed by atoms with van der Waals surface area (Å²) in [4.78, 5) is 4.60. The van der Waals surface area contributed by atoms with E-state index in [1.807, 2.05) is 12.1 Å². The number of hydrogen-bond donors (Lipinski definition) is 0. The molecule has 2 saturated heterocycles. The third-order valence-corrected chi connectivity index (χ3v) is 7.87. The van der Waals surface area contributed by atoms with Crippen LogP contribution in [-0.4, -0.2) is 62.2 Å². The minimum Gasteiger partial charge on any atom is -0.355 e. The van der Waals surface area contributed by atoms with Crippen molar-refractivity contribution in [3.8, 4) is 0 Å². The number of hydrogen-bond acceptors (Lipinski definition) is 6. The Kier molecular flexibility index (Phi) is 5.94. The second kappa shape index (κ2) is 8.45. The third-order valence-electron chi connectivity index (χ3n) is 5.74. The second-order valence-electron chi connectivity index (χ2n) is 7.77. The number of piperazine rings is 1. The van der Waals surface area contributed by atoms with Gasteiger partial charge in [-0.3, -0.25) is 0 Å². The van der Waals surface area contributed by atoms with Gasteiger partial charge in [0, 0.05) is 44.3 Å². The average Bonchev–Trinajstić information content (AvgIpc) is 2.74. The number of aromatic nitrogens is 2. The molecule has 0 atom stereocenters. The smallest absolute Gasteiger partial charge is 0.243 e. The van der Waals surface area contributed by atoms with E-state index in [-0.39, 0.29) is 4.90 Å². The lowest BCUT2D eigenvalue weighted by Crippen LogP contribution is -2.49. The highest BCUT2D eigenvalue weighted by Crippen LogP contribution is 2.24. The molecule has 2 aliphatic rings. The fourth-order valence-corrected chi connectivity index (χ4v) is 5.55. The Morgan fingerprint density at radius 1 is 0.897 bits per heavy atom. The minimum absolute atomic E-state index is 0.235. The Morgan fingerprint density at radius 3 is 2.03 bits per heavy atom. The highest BCUT2D eigenvalue weighted by atomic mass is 35.5. The summed E-state index contributed by atoms with van der Waals surface area (Å²) in [5, 5.41) is 9.24. The topological polar surface area (TPSA) is 69.6 Å². The summed E-state index contributed by atoms with van der Waals surface area (Å²) in [5.74, 6) is 2.49. The van der Waals surface area contributed by atoms with Gasteiger partial charge in [-0.05, 0) is 49.1 Å². The Hall–Kier alpha value is -1.90. The monoisotopic (exact) mass is 435 g/mol. The molecule has 2 fully saturated rings. The van der Waals surface area contributed by atoms with Gasteiger partial charge in [-0.2, -0.15) is 4.31 Å². The Bertz CT molecular complexity index is 938. The van der Waals surface area contributed by atoms with Crippen LogP contribution in [0.4, 0.5) is 11.6 Å². The number of nitrogens with zero attached hydrogens (tertiary/aromatic N) is 5. The van der Waals surface area contributed by atoms with Crippen molar-refractivity contribution in [3.05, 3.63) is 41.4 Å². The van der Waals surface area contributed by atoms with Gasteiger partial charge in [0.15, 0.2) is 11.6 Å². The van der Waals surface area contributed by atoms with Crippen molar-refractivity contribution in [2.24, 2.45) is 5.92 Å². The van der Waals surface area contributed by atoms with Gasteiger partial charge in [-0.25, -0.2) is 8.42 Å². The molecule has 4 rings (SSSR count). The van der Waals surface area contributed by atoms with Crippen molar-refractivity contribution in [2.45, 2.75) is 24.7 Å². The summed E-state index contributed by atoms with van der Waals surface area (Å²) in [5.41, 5.74) is 0. The number of rotatable bonds is 4. The molecule has 0 N–H and O–H groups in total. The van der Waals surface area contributed by atoms with Crippen molar-refractivity contribution in [1.29, 1.82) is 0 Å². The maximum Gasteiger partial charge on any atom is 0.243 e. The highest BCUT2D eigenvalue weighted by molar-refractivity contribution is 7.89. The second-order valence-corrected chi connectivity index (χ2v) is 10.1. The van der Waals surface area contributed by atoms with Crippen molar-refractivity contribution < 1.29 is 8.42 Å². The molecule has 2 aromatic rings. The first-order valence-electron chi connectivity index (χ1n) is 10.0. The van der Waals surface area contributed by atoms with Gasteiger partial charge < -0.3 is 9.80 Å². The molecule has 0 amide bonds. The zero-order valence-corrected chi connectivity index (χ0v) is 18.1. The molecular weight excluding hydrogens is 410 g/mol. The summed E-state index contributed by atoms with van der Waals surface area (Å²) in [6, 6.07) is 10.4. The van der Waals surface area contributed by atoms with Crippen LogP contribution in [0.2, 0.25) is 5.02 Å². The van der Waals surface area contributed by atoms with E-state index in [1.165, 1.54) is 23.2 Å². The van der Waals surface area contributed by atoms with Crippen LogP contribution in [-0.2, 0) is 10.0 Å². The summed E-state index contributed by atoms with van der Waals surface area (Å²) in [6.45, 7) is 6.30. The fourth-order valence-electron chi connectivity index (χ4n) is 3.83. The van der Waals surface area contributed by atoms with Gasteiger partial charge in [0.25, 0.3) is 0 Å². The SMILES string of the molecule is CC1CCN(c2ccc(N3CCN(S(=O)(=O)c4cccc(Cl)c4)CC3)nn2)CC1. The molecule has 0 unspecified atom stereocenters. The quantitative estimate of drug-likeness (QED) is 0.735. The van der Waals surface area contributed by atoms with Crippen LogP contribution in [0.5, 0.6) is 0 Å². The lowest BCUT2D eigenvalue weighted by atomic mass is 9.99. The van der Waals surface area contributed by atoms with E-state index in [2.05, 4.69) is 26.9 Å². The first-order valence-corrected chi connectivity index (χ1v) is 11.8. The van der Waals surface area contributed by atoms with Crippen LogP contribution in [0.1, 0.15) is 19.8 Å². The molecule has 156 valence electrons. The number of anilines is 2. The summed E-state index contributed by atoms with van der Waals surface area (Å²) >= 11 is 5.96. The van der Waals surface area contributed by atoms with E-state index < -0.39 is 10.0 Å². The molecule has 29 heavy (non-hydrogen) atoms. The molecule has 1 aromatic carbocycles. The number of sulfonamides is 1. The maximum atomic E-state index is 12.8. The van der Waals surface area contributed by atoms with Crippen LogP contribution in [0.3, 0.4) is 0 Å². The fraction of sp³-hybridized carbons (Fsp3) is 0.500. The summed E-state index contributed by atoms with van der Waals surface area (Å²) < 4.78 is 27.2. The standard InChI is InChI=1S/C20H26ClN5O2S/c1-16-7-9-24(10-8-16)19-5-6-20(23-22-19)25-11-13-26(14-12-25)29(27,28)18-4-2-3-17(21)15-18/h2-6,15-16H,7-14H2,1H3. The molecule has 0 saturated carbocycles. The lowest BCUT2D eigenvalue weighted by molar-refractivity contribution is 0.383. The Labute approximate surface area is 177 Å². The van der Waals surface area contributed by atoms with Gasteiger partial charge in [0.1, 0.15) is 0 Å². The molecule has 1 aromatic heterocycles. The summed E-state index contributed by atoms with van der Waals surface area (Å²) in [7, 11) is -3.54. The van der Waals surface area contributed by atoms with Gasteiger partial charge in [-0.15, -0.1) is 10.2 Å². The van der Waals surface area contributed by atoms with Gasteiger partial charge in [-0.1, -0.05) is 24.6 Å². The van der Waals surface area contributed by atoms with Crippen molar-refractivity contribution in [1.82, 2.24) is 14.5 Å². The maximum absolute atomic E-state index is 12.8. The van der Waals surface area contributed by atoms with Crippen LogP contribution < -0.4 is 9.80 Å². The predicted molar refractivity (Wildman–Crippen MR) is 115 cm³/mol. The Balaban J connectivity index is 1.38. The molecular formula is C20H26ClN5O2S. The van der Waals surface area contributed by atoms with E-state index in [1.54, 1.807) is 18.2 Å². The van der Waals surface area contributed by atoms with Crippen molar-refractivity contribution >= 4 is 33.3 Å². The molecule has 0 spiro atoms. The van der Waals surface area contributed by atoms with E-state index in [0.29, 0.717) is 31.2 Å². The average molecular weight is 436 g/mol. The van der Waals surface area contributed by atoms with Crippen LogP contribution in [0.15, 0.2) is 41.3 Å². The Morgan fingerprint density at radius 2 is 1.48 bits per heavy atom. The number of piperidine rings is 1. The normalized spacial score (nSPS) is 19.5. The first-order chi connectivity index (χ1) is 13.9. The van der Waals surface area contributed by atoms with Crippen LogP contribution in [0, 0.1) is 5.92 Å². The third kappa shape index (κ3) is 4.49. The van der Waals surface area contributed by atoms with E-state index in [0.717, 1.165) is 30.6 Å². The molecule has 0 bridgehead atoms. The van der Waals surface area contributed by atoms with Gasteiger partial charge in [0.05, 0.1) is 4.90 Å². The van der Waals surface area contributed by atoms with Gasteiger partial charge in [0.2, 0.25) is 10.0 Å². The first kappa shape index (κ1) is 20.4. The van der Waals surface area contributed by atoms with Crippen LogP contribution in [0.25, 0.3) is 0 Å². The largest absolute Gasteiger partial charge is 0.355 e. The number of benzene rings is 1. The molecule has 7 nitrogen and oxygen atoms in total. The summed E-state index contributed by atoms with van der Waals surface area (Å²) in [6.07, 6.45) is 2.37. The lowest BCUT2D eigenvalue weighted by Gasteiger charge is -2.35. The molecule has 0 radical (unpaired) electrons. The predicted octanol–water partition coefficient (Wildman–Crippen LogP) is 2.88. The molecule has 2 aliphatic heterocycles. The van der Waals surface area contributed by atoms with E-state index in [9.17, 15) is 8.42 Å². The molecule has 0 aliphatic carbocycles. The van der Waals surface area contributed by atoms with E-state index >= 15 is 0 Å². The van der Waals surface area contributed by atoms with Crippen molar-refractivity contribution in [3.63, 3.8) is 0 Å².